The molecule has 2 aromatic rings. The van der Waals surface area contributed by atoms with Gasteiger partial charge < -0.3 is 29.6 Å². The van der Waals surface area contributed by atoms with Crippen LogP contribution in [0.4, 0.5) is 9.59 Å². The minimum Gasteiger partial charge on any atom is -0.444 e. The number of imide groups is 2. The number of nitrogens with zero attached hydrogens (tertiary/aromatic N) is 4. The Morgan fingerprint density at radius 1 is 0.552 bits per heavy atom. The smallest absolute Gasteiger partial charge is 0.408 e. The maximum atomic E-state index is 13.2. The second-order valence-corrected chi connectivity index (χ2v) is 15.9. The Morgan fingerprint density at radius 2 is 0.845 bits per heavy atom. The van der Waals surface area contributed by atoms with E-state index in [4.69, 9.17) is 18.9 Å². The SMILES string of the molecule is CC(C(C)N1CC(=O)N(COC(=O)C(NC(=O)OC(C)(C)C)c2ccccc2)C(=O)C1)N1CC(=O)N(COC(=O)C(NC(=O)OC(C)(C)C)c2ccccc2)C(=O)C1. The lowest BCUT2D eigenvalue weighted by molar-refractivity contribution is -0.169. The van der Waals surface area contributed by atoms with Crippen LogP contribution in [-0.4, -0.2) is 130 Å². The number of amides is 6. The van der Waals surface area contributed by atoms with Gasteiger partial charge in [-0.2, -0.15) is 0 Å². The zero-order valence-corrected chi connectivity index (χ0v) is 34.0. The van der Waals surface area contributed by atoms with Crippen molar-refractivity contribution < 1.29 is 57.3 Å². The number of hydrogen-bond donors (Lipinski definition) is 2. The number of benzene rings is 2. The summed E-state index contributed by atoms with van der Waals surface area (Å²) >= 11 is 0. The molecule has 4 unspecified atom stereocenters. The molecule has 0 aromatic heterocycles. The molecule has 2 heterocycles. The number of carbonyl (C=O) groups is 8. The lowest BCUT2D eigenvalue weighted by atomic mass is 10.1. The van der Waals surface area contributed by atoms with Crippen molar-refractivity contribution >= 4 is 47.8 Å². The monoisotopic (exact) mass is 808 g/mol. The summed E-state index contributed by atoms with van der Waals surface area (Å²) in [7, 11) is 0. The van der Waals surface area contributed by atoms with Gasteiger partial charge in [-0.05, 0) is 66.5 Å². The van der Waals surface area contributed by atoms with E-state index in [9.17, 15) is 38.4 Å². The van der Waals surface area contributed by atoms with Crippen molar-refractivity contribution in [2.45, 2.75) is 90.8 Å². The summed E-state index contributed by atoms with van der Waals surface area (Å²) in [6, 6.07) is 13.0. The van der Waals surface area contributed by atoms with Gasteiger partial charge in [0.25, 0.3) is 0 Å². The molecule has 2 fully saturated rings. The number of piperazine rings is 2. The van der Waals surface area contributed by atoms with Gasteiger partial charge in [0, 0.05) is 12.1 Å². The quantitative estimate of drug-likeness (QED) is 0.169. The molecule has 4 atom stereocenters. The predicted molar refractivity (Wildman–Crippen MR) is 205 cm³/mol. The summed E-state index contributed by atoms with van der Waals surface area (Å²) in [6.07, 6.45) is -1.73. The molecule has 4 rings (SSSR count). The molecule has 0 spiro atoms. The molecule has 2 N–H and O–H groups in total. The number of rotatable bonds is 13. The van der Waals surface area contributed by atoms with E-state index >= 15 is 0 Å². The van der Waals surface area contributed by atoms with Gasteiger partial charge >= 0.3 is 24.1 Å². The Hall–Kier alpha value is -5.88. The van der Waals surface area contributed by atoms with Gasteiger partial charge in [-0.1, -0.05) is 60.7 Å². The third-order valence-electron chi connectivity index (χ3n) is 9.14. The molecule has 2 aliphatic rings. The molecule has 2 saturated heterocycles. The first kappa shape index (κ1) is 44.8. The molecule has 6 amide bonds. The molecule has 0 radical (unpaired) electrons. The van der Waals surface area contributed by atoms with Gasteiger partial charge in [-0.25, -0.2) is 29.0 Å². The highest BCUT2D eigenvalue weighted by molar-refractivity contribution is 6.00. The van der Waals surface area contributed by atoms with Crippen molar-refractivity contribution in [1.29, 1.82) is 0 Å². The van der Waals surface area contributed by atoms with E-state index in [0.29, 0.717) is 11.1 Å². The minimum absolute atomic E-state index is 0.231. The first-order valence-corrected chi connectivity index (χ1v) is 18.7. The van der Waals surface area contributed by atoms with Crippen molar-refractivity contribution in [3.8, 4) is 0 Å². The first-order valence-electron chi connectivity index (χ1n) is 18.7. The van der Waals surface area contributed by atoms with Crippen LogP contribution in [0.2, 0.25) is 0 Å². The number of hydrogen-bond acceptors (Lipinski definition) is 14. The molecule has 314 valence electrons. The van der Waals surface area contributed by atoms with Crippen LogP contribution in [0.1, 0.15) is 78.6 Å². The van der Waals surface area contributed by atoms with E-state index < -0.39 is 96.6 Å². The van der Waals surface area contributed by atoms with Crippen molar-refractivity contribution in [2.24, 2.45) is 0 Å². The van der Waals surface area contributed by atoms with E-state index in [0.717, 1.165) is 9.80 Å². The summed E-state index contributed by atoms with van der Waals surface area (Å²) in [5.41, 5.74) is -0.884. The highest BCUT2D eigenvalue weighted by Gasteiger charge is 2.41. The fourth-order valence-electron chi connectivity index (χ4n) is 6.02. The highest BCUT2D eigenvalue weighted by Crippen LogP contribution is 2.21. The summed E-state index contributed by atoms with van der Waals surface area (Å²) in [5, 5.41) is 4.96. The number of esters is 2. The maximum absolute atomic E-state index is 13.2. The van der Waals surface area contributed by atoms with E-state index in [-0.39, 0.29) is 26.2 Å². The van der Waals surface area contributed by atoms with E-state index in [1.165, 1.54) is 0 Å². The second kappa shape index (κ2) is 19.0. The molecular weight excluding hydrogens is 756 g/mol. The topological polar surface area (TPSA) is 210 Å². The van der Waals surface area contributed by atoms with Crippen LogP contribution >= 0.6 is 0 Å². The molecule has 2 aromatic carbocycles. The van der Waals surface area contributed by atoms with Crippen LogP contribution in [0.25, 0.3) is 0 Å². The van der Waals surface area contributed by atoms with Crippen LogP contribution in [0, 0.1) is 0 Å². The Balaban J connectivity index is 1.31. The van der Waals surface area contributed by atoms with Crippen molar-refractivity contribution in [2.75, 3.05) is 39.6 Å². The van der Waals surface area contributed by atoms with Gasteiger partial charge in [0.05, 0.1) is 26.2 Å². The molecule has 58 heavy (non-hydrogen) atoms. The van der Waals surface area contributed by atoms with Crippen molar-refractivity contribution in [3.05, 3.63) is 71.8 Å². The van der Waals surface area contributed by atoms with Crippen LogP contribution in [0.3, 0.4) is 0 Å². The van der Waals surface area contributed by atoms with Gasteiger partial charge in [0.1, 0.15) is 11.2 Å². The Morgan fingerprint density at radius 3 is 1.12 bits per heavy atom. The lowest BCUT2D eigenvalue weighted by Crippen LogP contribution is -2.63. The average molecular weight is 809 g/mol. The summed E-state index contributed by atoms with van der Waals surface area (Å²) in [6.45, 7) is 11.2. The van der Waals surface area contributed by atoms with E-state index in [1.54, 1.807) is 126 Å². The maximum Gasteiger partial charge on any atom is 0.408 e. The van der Waals surface area contributed by atoms with E-state index in [1.807, 2.05) is 0 Å². The fraction of sp³-hybridized carbons (Fsp3) is 0.500. The number of ether oxygens (including phenoxy) is 4. The van der Waals surface area contributed by atoms with Crippen molar-refractivity contribution in [3.63, 3.8) is 0 Å². The lowest BCUT2D eigenvalue weighted by Gasteiger charge is -2.43. The molecule has 18 heteroatoms. The van der Waals surface area contributed by atoms with Crippen LogP contribution in [0.15, 0.2) is 60.7 Å². The molecule has 0 bridgehead atoms. The molecule has 2 aliphatic heterocycles. The molecular formula is C40H52N6O12. The second-order valence-electron chi connectivity index (χ2n) is 15.9. The van der Waals surface area contributed by atoms with Crippen LogP contribution in [0.5, 0.6) is 0 Å². The van der Waals surface area contributed by atoms with Gasteiger partial charge in [0.15, 0.2) is 25.5 Å². The molecule has 18 nitrogen and oxygen atoms in total. The minimum atomic E-state index is -1.28. The normalized spacial score (nSPS) is 17.8. The van der Waals surface area contributed by atoms with Gasteiger partial charge in [0.2, 0.25) is 23.6 Å². The van der Waals surface area contributed by atoms with Crippen LogP contribution in [-0.2, 0) is 47.7 Å². The third kappa shape index (κ3) is 12.6. The number of nitrogens with one attached hydrogen (secondary N) is 2. The summed E-state index contributed by atoms with van der Waals surface area (Å²) in [5.74, 6) is -4.42. The largest absolute Gasteiger partial charge is 0.444 e. The number of carbonyl (C=O) groups excluding carboxylic acids is 8. The zero-order chi connectivity index (χ0) is 42.9. The van der Waals surface area contributed by atoms with Crippen molar-refractivity contribution in [1.82, 2.24) is 30.2 Å². The standard InChI is InChI=1S/C40H52N6O12/c1-25(43-19-29(47)45(30(48)20-43)23-55-35(51)33(27-15-11-9-12-16-27)41-37(53)57-39(3,4)5)26(2)44-21-31(49)46(32(50)22-44)24-56-36(52)34(28-17-13-10-14-18-28)42-38(54)58-40(6,7)8/h9-18,25-26,33-34H,19-24H2,1-8H3,(H,41,53)(H,42,54). The average Bonchev–Trinajstić information content (AvgIpc) is 3.13. The Bertz CT molecular complexity index is 1680. The Labute approximate surface area is 337 Å². The molecule has 0 saturated carbocycles. The first-order chi connectivity index (χ1) is 27.1. The van der Waals surface area contributed by atoms with Crippen LogP contribution < -0.4 is 10.6 Å². The highest BCUT2D eigenvalue weighted by atomic mass is 16.6. The van der Waals surface area contributed by atoms with E-state index in [2.05, 4.69) is 10.6 Å². The van der Waals surface area contributed by atoms with Gasteiger partial charge in [-0.15, -0.1) is 0 Å². The summed E-state index contributed by atoms with van der Waals surface area (Å²) < 4.78 is 21.3. The van der Waals surface area contributed by atoms with Gasteiger partial charge in [-0.3, -0.25) is 29.0 Å². The molecule has 0 aliphatic carbocycles. The third-order valence-corrected chi connectivity index (χ3v) is 9.14. The zero-order valence-electron chi connectivity index (χ0n) is 34.0. The fourth-order valence-corrected chi connectivity index (χ4v) is 6.02. The number of alkyl carbamates (subject to hydrolysis) is 2. The predicted octanol–water partition coefficient (Wildman–Crippen LogP) is 2.64. The Kier molecular flexibility index (Phi) is 14.7. The summed E-state index contributed by atoms with van der Waals surface area (Å²) in [4.78, 5) is 109.